The Morgan fingerprint density at radius 2 is 1.89 bits per heavy atom. The van der Waals surface area contributed by atoms with Crippen molar-refractivity contribution in [2.45, 2.75) is 43.5 Å². The predicted molar refractivity (Wildman–Crippen MR) is 64.3 cm³/mol. The van der Waals surface area contributed by atoms with E-state index in [0.717, 1.165) is 32.1 Å². The Morgan fingerprint density at radius 3 is 2.42 bits per heavy atom. The summed E-state index contributed by atoms with van der Waals surface area (Å²) in [7, 11) is -4.29. The quantitative estimate of drug-likeness (QED) is 0.722. The molecule has 1 aliphatic carbocycles. The van der Waals surface area contributed by atoms with Crippen LogP contribution >= 0.6 is 0 Å². The molecule has 0 aromatic heterocycles. The molecule has 0 bridgehead atoms. The molecule has 0 spiro atoms. The second-order valence-electron chi connectivity index (χ2n) is 4.74. The molecule has 19 heavy (non-hydrogen) atoms. The molecule has 1 rings (SSSR count). The number of hydrogen-bond donors (Lipinski definition) is 1. The molecular weight excluding hydrogens is 282 g/mol. The van der Waals surface area contributed by atoms with Gasteiger partial charge in [0.05, 0.1) is 19.8 Å². The van der Waals surface area contributed by atoms with Crippen LogP contribution in [-0.2, 0) is 19.0 Å². The highest BCUT2D eigenvalue weighted by Gasteiger charge is 2.46. The number of hydrogen-bond acceptors (Lipinski definition) is 5. The van der Waals surface area contributed by atoms with E-state index in [0.29, 0.717) is 7.11 Å². The predicted octanol–water partition coefficient (Wildman–Crippen LogP) is 1.51. The Bertz CT molecular complexity index is 365. The van der Waals surface area contributed by atoms with E-state index >= 15 is 0 Å². The van der Waals surface area contributed by atoms with E-state index in [-0.39, 0.29) is 12.5 Å². The highest BCUT2D eigenvalue weighted by atomic mass is 32.2. The van der Waals surface area contributed by atoms with Crippen molar-refractivity contribution in [2.24, 2.45) is 5.92 Å². The minimum absolute atomic E-state index is 0.0430. The SMILES string of the molecule is COS(=O)(=O)C(F)(F)COCC(O)C1CCCCC1. The molecule has 0 aromatic rings. The van der Waals surface area contributed by atoms with Crippen molar-refractivity contribution < 1.29 is 31.2 Å². The van der Waals surface area contributed by atoms with Crippen molar-refractivity contribution in [1.82, 2.24) is 0 Å². The lowest BCUT2D eigenvalue weighted by Crippen LogP contribution is -2.37. The van der Waals surface area contributed by atoms with E-state index in [9.17, 15) is 22.3 Å². The average molecular weight is 302 g/mol. The largest absolute Gasteiger partial charge is 0.392 e. The van der Waals surface area contributed by atoms with Gasteiger partial charge in [-0.3, -0.25) is 4.18 Å². The zero-order valence-corrected chi connectivity index (χ0v) is 11.7. The van der Waals surface area contributed by atoms with Gasteiger partial charge in [0, 0.05) is 0 Å². The lowest BCUT2D eigenvalue weighted by molar-refractivity contribution is -0.0610. The molecule has 1 fully saturated rings. The lowest BCUT2D eigenvalue weighted by atomic mass is 9.85. The van der Waals surface area contributed by atoms with Gasteiger partial charge in [0.2, 0.25) is 0 Å². The van der Waals surface area contributed by atoms with Crippen LogP contribution in [0.3, 0.4) is 0 Å². The van der Waals surface area contributed by atoms with Crippen LogP contribution in [0.1, 0.15) is 32.1 Å². The first-order valence-corrected chi connectivity index (χ1v) is 7.65. The first-order valence-electron chi connectivity index (χ1n) is 6.24. The molecule has 1 atom stereocenters. The number of rotatable bonds is 7. The molecule has 114 valence electrons. The topological polar surface area (TPSA) is 72.8 Å². The Labute approximate surface area is 112 Å². The number of aliphatic hydroxyl groups is 1. The summed E-state index contributed by atoms with van der Waals surface area (Å²) >= 11 is 0. The summed E-state index contributed by atoms with van der Waals surface area (Å²) in [4.78, 5) is 0. The molecule has 0 heterocycles. The van der Waals surface area contributed by atoms with Gasteiger partial charge in [-0.2, -0.15) is 17.2 Å². The fourth-order valence-corrected chi connectivity index (χ4v) is 2.62. The summed E-state index contributed by atoms with van der Waals surface area (Å²) in [6, 6.07) is 0. The molecule has 5 nitrogen and oxygen atoms in total. The summed E-state index contributed by atoms with van der Waals surface area (Å²) in [5.41, 5.74) is 0. The van der Waals surface area contributed by atoms with E-state index in [1.165, 1.54) is 0 Å². The summed E-state index contributed by atoms with van der Waals surface area (Å²) in [5.74, 6) is 0.0430. The second kappa shape index (κ2) is 6.92. The molecule has 1 aliphatic rings. The zero-order valence-electron chi connectivity index (χ0n) is 10.8. The van der Waals surface area contributed by atoms with Crippen LogP contribution in [0.5, 0.6) is 0 Å². The Morgan fingerprint density at radius 1 is 1.32 bits per heavy atom. The fourth-order valence-electron chi connectivity index (χ4n) is 2.15. The number of alkyl halides is 2. The van der Waals surface area contributed by atoms with Gasteiger partial charge >= 0.3 is 15.4 Å². The average Bonchev–Trinajstić information content (AvgIpc) is 2.39. The maximum Gasteiger partial charge on any atom is 0.392 e. The molecule has 1 N–H and O–H groups in total. The molecule has 0 radical (unpaired) electrons. The van der Waals surface area contributed by atoms with Crippen molar-refractivity contribution in [3.05, 3.63) is 0 Å². The summed E-state index contributed by atoms with van der Waals surface area (Å²) in [6.45, 7) is -1.60. The smallest absolute Gasteiger partial charge is 0.390 e. The van der Waals surface area contributed by atoms with Gasteiger partial charge in [-0.05, 0) is 18.8 Å². The van der Waals surface area contributed by atoms with E-state index in [2.05, 4.69) is 8.92 Å². The van der Waals surface area contributed by atoms with Gasteiger partial charge in [-0.15, -0.1) is 0 Å². The van der Waals surface area contributed by atoms with E-state index in [4.69, 9.17) is 0 Å². The van der Waals surface area contributed by atoms with Crippen LogP contribution in [0.15, 0.2) is 0 Å². The third-order valence-electron chi connectivity index (χ3n) is 3.34. The molecule has 8 heteroatoms. The normalized spacial score (nSPS) is 20.4. The Balaban J connectivity index is 2.37. The van der Waals surface area contributed by atoms with Gasteiger partial charge in [0.15, 0.2) is 0 Å². The van der Waals surface area contributed by atoms with Gasteiger partial charge in [0.25, 0.3) is 0 Å². The first kappa shape index (κ1) is 16.7. The van der Waals surface area contributed by atoms with Crippen LogP contribution < -0.4 is 0 Å². The standard InChI is InChI=1S/C11H20F2O5S/c1-17-19(15,16)11(12,13)8-18-7-10(14)9-5-3-2-4-6-9/h9-10,14H,2-8H2,1H3. The third-order valence-corrected chi connectivity index (χ3v) is 4.63. The Hall–Kier alpha value is -0.310. The fraction of sp³-hybridized carbons (Fsp3) is 1.00. The Kier molecular flexibility index (Phi) is 6.10. The van der Waals surface area contributed by atoms with Gasteiger partial charge < -0.3 is 9.84 Å². The number of aliphatic hydroxyl groups excluding tert-OH is 1. The molecule has 1 saturated carbocycles. The van der Waals surface area contributed by atoms with E-state index in [1.807, 2.05) is 0 Å². The maximum absolute atomic E-state index is 13.2. The van der Waals surface area contributed by atoms with E-state index in [1.54, 1.807) is 0 Å². The highest BCUT2D eigenvalue weighted by Crippen LogP contribution is 2.27. The first-order chi connectivity index (χ1) is 8.80. The van der Waals surface area contributed by atoms with Crippen LogP contribution in [0.4, 0.5) is 8.78 Å². The molecule has 0 amide bonds. The maximum atomic E-state index is 13.2. The van der Waals surface area contributed by atoms with Gasteiger partial charge in [0.1, 0.15) is 6.61 Å². The second-order valence-corrected chi connectivity index (χ2v) is 6.58. The van der Waals surface area contributed by atoms with Crippen molar-refractivity contribution >= 4 is 10.1 Å². The molecule has 1 unspecified atom stereocenters. The third kappa shape index (κ3) is 4.62. The van der Waals surface area contributed by atoms with Gasteiger partial charge in [-0.1, -0.05) is 19.3 Å². The highest BCUT2D eigenvalue weighted by molar-refractivity contribution is 7.87. The van der Waals surface area contributed by atoms with Crippen LogP contribution in [0, 0.1) is 5.92 Å². The minimum Gasteiger partial charge on any atom is -0.390 e. The molecule has 0 saturated heterocycles. The summed E-state index contributed by atoms with van der Waals surface area (Å²) < 4.78 is 56.5. The molecule has 0 aliphatic heterocycles. The number of ether oxygens (including phenoxy) is 1. The monoisotopic (exact) mass is 302 g/mol. The number of halogens is 2. The van der Waals surface area contributed by atoms with Gasteiger partial charge in [-0.25, -0.2) is 0 Å². The zero-order chi connectivity index (χ0) is 14.5. The van der Waals surface area contributed by atoms with Crippen molar-refractivity contribution in [3.63, 3.8) is 0 Å². The van der Waals surface area contributed by atoms with Crippen LogP contribution in [0.25, 0.3) is 0 Å². The van der Waals surface area contributed by atoms with Crippen molar-refractivity contribution in [2.75, 3.05) is 20.3 Å². The van der Waals surface area contributed by atoms with Crippen molar-refractivity contribution in [1.29, 1.82) is 0 Å². The van der Waals surface area contributed by atoms with Crippen LogP contribution in [0.2, 0.25) is 0 Å². The van der Waals surface area contributed by atoms with Crippen LogP contribution in [-0.4, -0.2) is 45.2 Å². The van der Waals surface area contributed by atoms with E-state index < -0.39 is 28.1 Å². The summed E-state index contributed by atoms with van der Waals surface area (Å²) in [5, 5.41) is 5.68. The lowest BCUT2D eigenvalue weighted by Gasteiger charge is -2.26. The molecular formula is C11H20F2O5S. The molecule has 0 aromatic carbocycles. The minimum atomic E-state index is -4.96. The van der Waals surface area contributed by atoms with Crippen molar-refractivity contribution in [3.8, 4) is 0 Å². The summed E-state index contributed by atoms with van der Waals surface area (Å²) in [6.07, 6.45) is 4.00.